The number of ether oxygens (including phenoxy) is 1. The van der Waals surface area contributed by atoms with Gasteiger partial charge in [-0.15, -0.1) is 0 Å². The number of thiazole rings is 1. The van der Waals surface area contributed by atoms with Gasteiger partial charge >= 0.3 is 0 Å². The number of aromatic nitrogens is 2. The first-order chi connectivity index (χ1) is 22.0. The molecule has 0 radical (unpaired) electrons. The molecule has 7 nitrogen and oxygen atoms in total. The number of amides is 1. The van der Waals surface area contributed by atoms with Gasteiger partial charge in [0, 0.05) is 22.8 Å². The lowest BCUT2D eigenvalue weighted by Crippen LogP contribution is -2.40. The Kier molecular flexibility index (Phi) is 8.17. The summed E-state index contributed by atoms with van der Waals surface area (Å²) in [5, 5.41) is 3.09. The van der Waals surface area contributed by atoms with Crippen molar-refractivity contribution < 1.29 is 9.53 Å². The molecule has 46 heavy (non-hydrogen) atoms. The van der Waals surface area contributed by atoms with Crippen molar-refractivity contribution in [3.8, 4) is 11.4 Å². The van der Waals surface area contributed by atoms with Crippen LogP contribution in [-0.4, -0.2) is 22.2 Å². The van der Waals surface area contributed by atoms with Gasteiger partial charge in [-0.3, -0.25) is 14.2 Å². The Morgan fingerprint density at radius 1 is 0.891 bits per heavy atom. The molecule has 0 unspecified atom stereocenters. The maximum absolute atomic E-state index is 14.3. The molecule has 5 aromatic rings. The van der Waals surface area contributed by atoms with Crippen LogP contribution in [-0.2, 0) is 4.79 Å². The predicted molar refractivity (Wildman–Crippen MR) is 186 cm³/mol. The lowest BCUT2D eigenvalue weighted by atomic mass is 9.95. The number of carbonyl (C=O) groups excluding carboxylic acids is 1. The number of fused-ring (bicyclic) bond motifs is 1. The number of carbonyl (C=O) groups is 1. The molecule has 0 saturated heterocycles. The molecule has 3 heterocycles. The van der Waals surface area contributed by atoms with Crippen LogP contribution in [0.2, 0.25) is 0 Å². The highest BCUT2D eigenvalue weighted by molar-refractivity contribution is 7.07. The van der Waals surface area contributed by atoms with Crippen LogP contribution in [0.15, 0.2) is 87.8 Å². The zero-order valence-corrected chi connectivity index (χ0v) is 28.3. The minimum absolute atomic E-state index is 0.190. The van der Waals surface area contributed by atoms with E-state index >= 15 is 0 Å². The molecule has 3 aromatic carbocycles. The molecule has 0 bridgehead atoms. The van der Waals surface area contributed by atoms with E-state index in [-0.39, 0.29) is 11.5 Å². The summed E-state index contributed by atoms with van der Waals surface area (Å²) in [7, 11) is 1.61. The summed E-state index contributed by atoms with van der Waals surface area (Å²) in [4.78, 5) is 33.7. The average molecular weight is 631 g/mol. The number of methoxy groups -OCH3 is 1. The fourth-order valence-corrected chi connectivity index (χ4v) is 7.40. The topological polar surface area (TPSA) is 77.6 Å². The maximum Gasteiger partial charge on any atom is 0.271 e. The molecule has 1 aliphatic rings. The van der Waals surface area contributed by atoms with E-state index in [4.69, 9.17) is 9.73 Å². The SMILES string of the molecule is COc1ccc([C@H]2C(C(=O)Nc3ccc(C)cc3C)=C(C)N=c3s/c(=C/c4cc(C)n(-c5ccc(C)cc5C)c4C)c(=O)n32)cc1. The van der Waals surface area contributed by atoms with E-state index in [2.05, 4.69) is 61.8 Å². The molecule has 1 atom stereocenters. The van der Waals surface area contributed by atoms with E-state index in [9.17, 15) is 9.59 Å². The van der Waals surface area contributed by atoms with E-state index in [0.29, 0.717) is 26.4 Å². The lowest BCUT2D eigenvalue weighted by Gasteiger charge is -2.25. The number of anilines is 1. The number of aryl methyl sites for hydroxylation is 5. The van der Waals surface area contributed by atoms with Crippen LogP contribution in [0.5, 0.6) is 5.75 Å². The predicted octanol–water partition coefficient (Wildman–Crippen LogP) is 6.52. The first-order valence-corrected chi connectivity index (χ1v) is 16.1. The molecular weight excluding hydrogens is 593 g/mol. The van der Waals surface area contributed by atoms with Gasteiger partial charge in [0.15, 0.2) is 4.80 Å². The minimum atomic E-state index is -0.669. The Bertz CT molecular complexity index is 2230. The molecule has 0 saturated carbocycles. The quantitative estimate of drug-likeness (QED) is 0.232. The second-order valence-electron chi connectivity index (χ2n) is 12.1. The third kappa shape index (κ3) is 5.54. The number of allylic oxidation sites excluding steroid dienone is 1. The summed E-state index contributed by atoms with van der Waals surface area (Å²) >= 11 is 1.34. The number of hydrogen-bond acceptors (Lipinski definition) is 5. The van der Waals surface area contributed by atoms with Crippen LogP contribution in [0.4, 0.5) is 5.69 Å². The van der Waals surface area contributed by atoms with Crippen molar-refractivity contribution in [2.75, 3.05) is 12.4 Å². The van der Waals surface area contributed by atoms with Crippen molar-refractivity contribution in [2.24, 2.45) is 4.99 Å². The normalized spacial score (nSPS) is 14.7. The van der Waals surface area contributed by atoms with Crippen LogP contribution >= 0.6 is 11.3 Å². The fraction of sp³-hybridized carbons (Fsp3) is 0.237. The lowest BCUT2D eigenvalue weighted by molar-refractivity contribution is -0.113. The third-order valence-electron chi connectivity index (χ3n) is 8.68. The molecule has 2 aromatic heterocycles. The molecule has 1 amide bonds. The largest absolute Gasteiger partial charge is 0.497 e. The average Bonchev–Trinajstić information content (AvgIpc) is 3.47. The van der Waals surface area contributed by atoms with Crippen molar-refractivity contribution in [3.63, 3.8) is 0 Å². The van der Waals surface area contributed by atoms with Crippen molar-refractivity contribution in [3.05, 3.63) is 142 Å². The summed E-state index contributed by atoms with van der Waals surface area (Å²) in [6.45, 7) is 14.2. The molecule has 1 aliphatic heterocycles. The van der Waals surface area contributed by atoms with Crippen LogP contribution in [0, 0.1) is 41.5 Å². The van der Waals surface area contributed by atoms with Crippen LogP contribution < -0.4 is 24.9 Å². The van der Waals surface area contributed by atoms with Crippen molar-refractivity contribution in [2.45, 2.75) is 54.5 Å². The smallest absolute Gasteiger partial charge is 0.271 e. The summed E-state index contributed by atoms with van der Waals surface area (Å²) in [6.07, 6.45) is 1.95. The summed E-state index contributed by atoms with van der Waals surface area (Å²) in [6, 6.07) is 21.3. The third-order valence-corrected chi connectivity index (χ3v) is 9.66. The van der Waals surface area contributed by atoms with Gasteiger partial charge in [-0.2, -0.15) is 0 Å². The van der Waals surface area contributed by atoms with Gasteiger partial charge in [-0.25, -0.2) is 4.99 Å². The highest BCUT2D eigenvalue weighted by Gasteiger charge is 2.33. The van der Waals surface area contributed by atoms with Gasteiger partial charge < -0.3 is 14.6 Å². The second-order valence-corrected chi connectivity index (χ2v) is 13.1. The zero-order valence-electron chi connectivity index (χ0n) is 27.5. The standard InChI is InChI=1S/C38H38N4O3S/c1-21-9-15-31(23(3)17-21)40-36(43)34-26(6)39-38-42(35(34)28-11-13-30(45-8)14-12-28)37(44)33(46-38)20-29-19-25(5)41(27(29)7)32-16-10-22(2)18-24(32)4/h9-20,35H,1-8H3,(H,40,43)/b33-20+/t35-/m0/s1. The van der Waals surface area contributed by atoms with Gasteiger partial charge in [0.05, 0.1) is 29.0 Å². The number of nitrogens with one attached hydrogen (secondary N) is 1. The molecule has 1 N–H and O–H groups in total. The number of hydrogen-bond donors (Lipinski definition) is 1. The Labute approximate surface area is 272 Å². The van der Waals surface area contributed by atoms with E-state index in [0.717, 1.165) is 45.0 Å². The first kappa shape index (κ1) is 31.0. The van der Waals surface area contributed by atoms with Gasteiger partial charge in [0.25, 0.3) is 11.5 Å². The molecular formula is C38H38N4O3S. The van der Waals surface area contributed by atoms with Crippen molar-refractivity contribution >= 4 is 29.0 Å². The summed E-state index contributed by atoms with van der Waals surface area (Å²) in [5.41, 5.74) is 11.0. The van der Waals surface area contributed by atoms with E-state index < -0.39 is 6.04 Å². The van der Waals surface area contributed by atoms with Crippen molar-refractivity contribution in [1.82, 2.24) is 9.13 Å². The van der Waals surface area contributed by atoms with Crippen LogP contribution in [0.1, 0.15) is 57.7 Å². The highest BCUT2D eigenvalue weighted by atomic mass is 32.1. The molecule has 8 heteroatoms. The molecule has 0 aliphatic carbocycles. The van der Waals surface area contributed by atoms with Gasteiger partial charge in [0.1, 0.15) is 5.75 Å². The van der Waals surface area contributed by atoms with Gasteiger partial charge in [-0.05, 0) is 107 Å². The Balaban J connectivity index is 1.49. The molecule has 6 rings (SSSR count). The molecule has 0 fully saturated rings. The zero-order chi connectivity index (χ0) is 32.9. The number of benzene rings is 3. The Hall–Kier alpha value is -4.95. The Morgan fingerprint density at radius 2 is 1.57 bits per heavy atom. The maximum atomic E-state index is 14.3. The molecule has 0 spiro atoms. The van der Waals surface area contributed by atoms with E-state index in [1.54, 1.807) is 11.7 Å². The second kappa shape index (κ2) is 12.1. The van der Waals surface area contributed by atoms with E-state index in [1.165, 1.54) is 22.5 Å². The Morgan fingerprint density at radius 3 is 2.22 bits per heavy atom. The summed E-state index contributed by atoms with van der Waals surface area (Å²) in [5.74, 6) is 0.401. The van der Waals surface area contributed by atoms with E-state index in [1.807, 2.05) is 69.3 Å². The van der Waals surface area contributed by atoms with Crippen LogP contribution in [0.25, 0.3) is 11.8 Å². The number of rotatable bonds is 6. The van der Waals surface area contributed by atoms with Gasteiger partial charge in [0.2, 0.25) is 0 Å². The highest BCUT2D eigenvalue weighted by Crippen LogP contribution is 2.32. The summed E-state index contributed by atoms with van der Waals surface area (Å²) < 4.78 is 9.85. The van der Waals surface area contributed by atoms with Crippen molar-refractivity contribution in [1.29, 1.82) is 0 Å². The van der Waals surface area contributed by atoms with Gasteiger partial charge in [-0.1, -0.05) is 58.9 Å². The number of nitrogens with zero attached hydrogens (tertiary/aromatic N) is 3. The minimum Gasteiger partial charge on any atom is -0.497 e. The first-order valence-electron chi connectivity index (χ1n) is 15.3. The van der Waals surface area contributed by atoms with Crippen LogP contribution in [0.3, 0.4) is 0 Å². The monoisotopic (exact) mass is 630 g/mol. The fourth-order valence-electron chi connectivity index (χ4n) is 6.36. The molecule has 234 valence electrons.